The predicted octanol–water partition coefficient (Wildman–Crippen LogP) is -5.99. The van der Waals surface area contributed by atoms with Gasteiger partial charge < -0.3 is 66.3 Å². The zero-order valence-corrected chi connectivity index (χ0v) is 22.3. The van der Waals surface area contributed by atoms with E-state index in [-0.39, 0.29) is 69.6 Å². The molecule has 0 aromatic rings. The molecule has 0 saturated heterocycles. The van der Waals surface area contributed by atoms with Crippen LogP contribution in [0.25, 0.3) is 0 Å². The number of aliphatic hydroxyl groups excluding tert-OH is 1. The van der Waals surface area contributed by atoms with Crippen LogP contribution in [0.4, 0.5) is 0 Å². The van der Waals surface area contributed by atoms with Gasteiger partial charge in [0.05, 0.1) is 12.6 Å². The van der Waals surface area contributed by atoms with Crippen LogP contribution in [0, 0.1) is 0 Å². The number of carboxylic acids is 1. The van der Waals surface area contributed by atoms with Crippen LogP contribution in [-0.4, -0.2) is 102 Å². The standard InChI is InChI=1S/C21H43N13O6/c22-11(4-1-7-29-19(23)24)15(36)32-12(5-2-8-30-20(25)26)16(37)33-13(6-3-9-31-21(27)28)17(38)34-14(10-35)18(39)40/h11-14,35H,1-10,22H2,(H,32,36)(H,33,37)(H,34,38)(H,39,40)(H4,23,24,29)(H4,25,26,30)(H4,27,28,31). The third-order valence-corrected chi connectivity index (χ3v) is 5.26. The van der Waals surface area contributed by atoms with Crippen LogP contribution in [0.2, 0.25) is 0 Å². The molecule has 0 bridgehead atoms. The van der Waals surface area contributed by atoms with Gasteiger partial charge in [-0.2, -0.15) is 0 Å². The Balaban J connectivity index is 5.62. The Morgan fingerprint density at radius 2 is 0.950 bits per heavy atom. The van der Waals surface area contributed by atoms with Gasteiger partial charge in [0, 0.05) is 19.6 Å². The molecular formula is C21H43N13O6. The second kappa shape index (κ2) is 19.6. The lowest BCUT2D eigenvalue weighted by atomic mass is 10.1. The molecule has 40 heavy (non-hydrogen) atoms. The van der Waals surface area contributed by atoms with E-state index in [2.05, 4.69) is 30.9 Å². The lowest BCUT2D eigenvalue weighted by Gasteiger charge is -2.25. The van der Waals surface area contributed by atoms with E-state index in [9.17, 15) is 24.3 Å². The number of aliphatic hydroxyl groups is 1. The van der Waals surface area contributed by atoms with E-state index in [4.69, 9.17) is 45.2 Å². The molecule has 0 aromatic carbocycles. The van der Waals surface area contributed by atoms with Crippen LogP contribution < -0.4 is 56.1 Å². The normalized spacial score (nSPS) is 13.4. The molecule has 19 N–H and O–H groups in total. The maximum Gasteiger partial charge on any atom is 0.328 e. The third kappa shape index (κ3) is 16.5. The quantitative estimate of drug-likeness (QED) is 0.0367. The molecule has 0 aliphatic heterocycles. The number of carbonyl (C=O) groups excluding carboxylic acids is 3. The largest absolute Gasteiger partial charge is 0.480 e. The van der Waals surface area contributed by atoms with E-state index in [1.165, 1.54) is 0 Å². The molecule has 0 aromatic heterocycles. The van der Waals surface area contributed by atoms with Gasteiger partial charge in [0.1, 0.15) is 18.1 Å². The summed E-state index contributed by atoms with van der Waals surface area (Å²) in [6.07, 6.45) is 1.22. The van der Waals surface area contributed by atoms with Crippen molar-refractivity contribution < 1.29 is 29.4 Å². The van der Waals surface area contributed by atoms with Crippen LogP contribution in [0.15, 0.2) is 15.0 Å². The zero-order chi connectivity index (χ0) is 30.7. The highest BCUT2D eigenvalue weighted by atomic mass is 16.4. The maximum atomic E-state index is 13.2. The molecule has 4 unspecified atom stereocenters. The Morgan fingerprint density at radius 3 is 1.30 bits per heavy atom. The Labute approximate surface area is 231 Å². The first-order valence-corrected chi connectivity index (χ1v) is 12.4. The van der Waals surface area contributed by atoms with Gasteiger partial charge >= 0.3 is 5.97 Å². The van der Waals surface area contributed by atoms with Crippen LogP contribution in [0.3, 0.4) is 0 Å². The van der Waals surface area contributed by atoms with Gasteiger partial charge in [0.2, 0.25) is 17.7 Å². The molecule has 19 nitrogen and oxygen atoms in total. The van der Waals surface area contributed by atoms with Crippen molar-refractivity contribution in [1.82, 2.24) is 16.0 Å². The molecule has 0 aliphatic rings. The molecule has 3 amide bonds. The van der Waals surface area contributed by atoms with Crippen molar-refractivity contribution in [1.29, 1.82) is 0 Å². The number of aliphatic carboxylic acids is 1. The topological polar surface area (TPSA) is 364 Å². The summed E-state index contributed by atoms with van der Waals surface area (Å²) in [5.74, 6) is -4.14. The van der Waals surface area contributed by atoms with Crippen LogP contribution in [0.5, 0.6) is 0 Å². The first kappa shape index (κ1) is 35.6. The fourth-order valence-electron chi connectivity index (χ4n) is 3.20. The summed E-state index contributed by atoms with van der Waals surface area (Å²) in [5, 5.41) is 25.6. The highest BCUT2D eigenvalue weighted by molar-refractivity contribution is 5.94. The summed E-state index contributed by atoms with van der Waals surface area (Å²) in [7, 11) is 0. The van der Waals surface area contributed by atoms with Gasteiger partial charge in [-0.1, -0.05) is 0 Å². The molecular weight excluding hydrogens is 530 g/mol. The van der Waals surface area contributed by atoms with E-state index in [0.717, 1.165) is 0 Å². The number of nitrogens with two attached hydrogens (primary N) is 7. The van der Waals surface area contributed by atoms with Gasteiger partial charge in [-0.05, 0) is 38.5 Å². The zero-order valence-electron chi connectivity index (χ0n) is 22.3. The SMILES string of the molecule is NC(N)=NCCCC(N)C(=O)NC(CCCN=C(N)N)C(=O)NC(CCCN=C(N)N)C(=O)NC(CO)C(=O)O. The Hall–Kier alpha value is -4.39. The highest BCUT2D eigenvalue weighted by Crippen LogP contribution is 2.05. The molecule has 0 aliphatic carbocycles. The van der Waals surface area contributed by atoms with E-state index in [0.29, 0.717) is 6.42 Å². The Bertz CT molecular complexity index is 915. The van der Waals surface area contributed by atoms with E-state index >= 15 is 0 Å². The predicted molar refractivity (Wildman–Crippen MR) is 148 cm³/mol. The number of carbonyl (C=O) groups is 4. The summed E-state index contributed by atoms with van der Waals surface area (Å²) in [6, 6.07) is -4.98. The van der Waals surface area contributed by atoms with Crippen molar-refractivity contribution in [2.24, 2.45) is 55.1 Å². The lowest BCUT2D eigenvalue weighted by molar-refractivity contribution is -0.143. The summed E-state index contributed by atoms with van der Waals surface area (Å²) in [4.78, 5) is 61.4. The summed E-state index contributed by atoms with van der Waals surface area (Å²) in [6.45, 7) is -0.336. The average molecular weight is 574 g/mol. The molecule has 0 radical (unpaired) electrons. The molecule has 0 fully saturated rings. The van der Waals surface area contributed by atoms with Crippen molar-refractivity contribution in [2.75, 3.05) is 26.2 Å². The minimum atomic E-state index is -1.60. The van der Waals surface area contributed by atoms with Crippen molar-refractivity contribution in [3.05, 3.63) is 0 Å². The molecule has 19 heteroatoms. The Kier molecular flexibility index (Phi) is 17.5. The monoisotopic (exact) mass is 573 g/mol. The van der Waals surface area contributed by atoms with Crippen LogP contribution in [-0.2, 0) is 19.2 Å². The van der Waals surface area contributed by atoms with Crippen LogP contribution >= 0.6 is 0 Å². The minimum absolute atomic E-state index is 0.00505. The van der Waals surface area contributed by atoms with Crippen molar-refractivity contribution in [2.45, 2.75) is 62.7 Å². The molecule has 228 valence electrons. The fraction of sp³-hybridized carbons (Fsp3) is 0.667. The van der Waals surface area contributed by atoms with Gasteiger partial charge in [0.15, 0.2) is 17.9 Å². The molecule has 0 heterocycles. The number of nitrogens with one attached hydrogen (secondary N) is 3. The van der Waals surface area contributed by atoms with E-state index < -0.39 is 54.5 Å². The third-order valence-electron chi connectivity index (χ3n) is 5.26. The first-order valence-electron chi connectivity index (χ1n) is 12.4. The van der Waals surface area contributed by atoms with Crippen molar-refractivity contribution >= 4 is 41.6 Å². The highest BCUT2D eigenvalue weighted by Gasteiger charge is 2.29. The number of carboxylic acid groups (broad SMARTS) is 1. The van der Waals surface area contributed by atoms with Crippen LogP contribution in [0.1, 0.15) is 38.5 Å². The number of amides is 3. The van der Waals surface area contributed by atoms with E-state index in [1.54, 1.807) is 0 Å². The van der Waals surface area contributed by atoms with E-state index in [1.807, 2.05) is 0 Å². The molecule has 4 atom stereocenters. The first-order chi connectivity index (χ1) is 18.8. The fourth-order valence-corrected chi connectivity index (χ4v) is 3.20. The average Bonchev–Trinajstić information content (AvgIpc) is 2.87. The minimum Gasteiger partial charge on any atom is -0.480 e. The number of hydrogen-bond acceptors (Lipinski definition) is 9. The number of hydrogen-bond donors (Lipinski definition) is 12. The second-order valence-corrected chi connectivity index (χ2v) is 8.66. The van der Waals surface area contributed by atoms with Crippen molar-refractivity contribution in [3.63, 3.8) is 0 Å². The summed E-state index contributed by atoms with van der Waals surface area (Å²) < 4.78 is 0. The molecule has 0 saturated carbocycles. The lowest BCUT2D eigenvalue weighted by Crippen LogP contribution is -2.57. The number of guanidine groups is 3. The smallest absolute Gasteiger partial charge is 0.328 e. The van der Waals surface area contributed by atoms with Crippen molar-refractivity contribution in [3.8, 4) is 0 Å². The summed E-state index contributed by atoms with van der Waals surface area (Å²) in [5.41, 5.74) is 37.7. The van der Waals surface area contributed by atoms with Gasteiger partial charge in [-0.15, -0.1) is 0 Å². The number of nitrogens with zero attached hydrogens (tertiary/aromatic N) is 3. The number of aliphatic imine (C=N–C) groups is 3. The number of rotatable bonds is 20. The van der Waals surface area contributed by atoms with Gasteiger partial charge in [0.25, 0.3) is 0 Å². The Morgan fingerprint density at radius 1 is 0.600 bits per heavy atom. The molecule has 0 rings (SSSR count). The van der Waals surface area contributed by atoms with Gasteiger partial charge in [-0.25, -0.2) is 4.79 Å². The molecule has 0 spiro atoms. The maximum absolute atomic E-state index is 13.2. The summed E-state index contributed by atoms with van der Waals surface area (Å²) >= 11 is 0. The second-order valence-electron chi connectivity index (χ2n) is 8.66. The van der Waals surface area contributed by atoms with Gasteiger partial charge in [-0.3, -0.25) is 29.4 Å².